The van der Waals surface area contributed by atoms with Gasteiger partial charge in [-0.2, -0.15) is 5.26 Å². The van der Waals surface area contributed by atoms with Crippen LogP contribution in [-0.2, 0) is 0 Å². The molecule has 0 unspecified atom stereocenters. The van der Waals surface area contributed by atoms with Crippen LogP contribution in [0.5, 0.6) is 5.75 Å². The molecular weight excluding hydrogens is 338 g/mol. The molecule has 0 amide bonds. The molecule has 2 aromatic heterocycles. The van der Waals surface area contributed by atoms with E-state index in [2.05, 4.69) is 16.5 Å². The van der Waals surface area contributed by atoms with Gasteiger partial charge in [0.25, 0.3) is 0 Å². The summed E-state index contributed by atoms with van der Waals surface area (Å²) in [5.74, 6) is 1.78. The highest BCUT2D eigenvalue weighted by Crippen LogP contribution is 2.32. The van der Waals surface area contributed by atoms with Crippen LogP contribution < -0.4 is 10.1 Å². The average molecular weight is 363 g/mol. The van der Waals surface area contributed by atoms with Crippen molar-refractivity contribution in [2.24, 2.45) is 0 Å². The molecule has 2 heterocycles. The number of nitrogens with one attached hydrogen (secondary N) is 2. The van der Waals surface area contributed by atoms with Crippen molar-refractivity contribution in [1.29, 1.82) is 5.26 Å². The second kappa shape index (κ2) is 7.75. The third kappa shape index (κ3) is 3.50. The number of ether oxygens (including phenoxy) is 1. The molecule has 1 aliphatic rings. The van der Waals surface area contributed by atoms with Crippen LogP contribution in [0.2, 0.25) is 0 Å². The molecule has 6 nitrogen and oxygen atoms in total. The van der Waals surface area contributed by atoms with E-state index >= 15 is 0 Å². The predicted molar refractivity (Wildman–Crippen MR) is 106 cm³/mol. The smallest absolute Gasteiger partial charge is 0.173 e. The molecule has 2 N–H and O–H groups in total. The maximum absolute atomic E-state index is 9.39. The molecule has 3 aromatic rings. The fourth-order valence-corrected chi connectivity index (χ4v) is 3.83. The molecule has 0 saturated heterocycles. The molecule has 1 fully saturated rings. The lowest BCUT2D eigenvalue weighted by Crippen LogP contribution is -2.20. The zero-order chi connectivity index (χ0) is 18.6. The molecule has 0 aliphatic heterocycles. The van der Waals surface area contributed by atoms with E-state index in [-0.39, 0.29) is 0 Å². The van der Waals surface area contributed by atoms with E-state index in [1.54, 1.807) is 6.20 Å². The van der Waals surface area contributed by atoms with Crippen molar-refractivity contribution in [3.8, 4) is 23.1 Å². The van der Waals surface area contributed by atoms with E-state index in [1.165, 1.54) is 38.5 Å². The lowest BCUT2D eigenvalue weighted by atomic mass is 10.1. The number of benzene rings is 1. The molecule has 1 aliphatic carbocycles. The molecule has 1 saturated carbocycles. The third-order valence-corrected chi connectivity index (χ3v) is 5.21. The van der Waals surface area contributed by atoms with Crippen LogP contribution in [-0.4, -0.2) is 27.2 Å². The zero-order valence-electron chi connectivity index (χ0n) is 15.7. The Morgan fingerprint density at radius 2 is 1.96 bits per heavy atom. The number of anilines is 1. The molecule has 1 aromatic carbocycles. The van der Waals surface area contributed by atoms with E-state index < -0.39 is 0 Å². The Kier molecular flexibility index (Phi) is 5.01. The van der Waals surface area contributed by atoms with Crippen molar-refractivity contribution in [1.82, 2.24) is 14.6 Å². The molecule has 0 spiro atoms. The van der Waals surface area contributed by atoms with Gasteiger partial charge in [-0.25, -0.2) is 9.50 Å². The van der Waals surface area contributed by atoms with Gasteiger partial charge in [-0.1, -0.05) is 25.7 Å². The summed E-state index contributed by atoms with van der Waals surface area (Å²) in [6, 6.07) is 10.6. The Balaban J connectivity index is 1.74. The minimum Gasteiger partial charge on any atom is -0.494 e. The molecule has 0 bridgehead atoms. The van der Waals surface area contributed by atoms with Crippen LogP contribution in [0, 0.1) is 11.3 Å². The van der Waals surface area contributed by atoms with Gasteiger partial charge in [-0.05, 0) is 44.0 Å². The Morgan fingerprint density at radius 1 is 1.22 bits per heavy atom. The second-order valence-corrected chi connectivity index (χ2v) is 7.06. The predicted octanol–water partition coefficient (Wildman–Crippen LogP) is 4.73. The van der Waals surface area contributed by atoms with Crippen LogP contribution >= 0.6 is 0 Å². The van der Waals surface area contributed by atoms with Gasteiger partial charge in [0.05, 0.1) is 6.61 Å². The lowest BCUT2D eigenvalue weighted by Gasteiger charge is -2.18. The summed E-state index contributed by atoms with van der Waals surface area (Å²) in [6.07, 6.45) is 9.18. The number of rotatable bonds is 5. The van der Waals surface area contributed by atoms with Crippen molar-refractivity contribution in [3.63, 3.8) is 0 Å². The molecule has 4 rings (SSSR count). The van der Waals surface area contributed by atoms with E-state index in [0.717, 1.165) is 22.8 Å². The highest BCUT2D eigenvalue weighted by atomic mass is 16.5. The normalized spacial score (nSPS) is 15.4. The highest BCUT2D eigenvalue weighted by molar-refractivity contribution is 5.78. The summed E-state index contributed by atoms with van der Waals surface area (Å²) in [7, 11) is 0. The van der Waals surface area contributed by atoms with Gasteiger partial charge < -0.3 is 10.1 Å². The number of fused-ring (bicyclic) bond motifs is 1. The van der Waals surface area contributed by atoms with Crippen molar-refractivity contribution in [2.45, 2.75) is 51.5 Å². The lowest BCUT2D eigenvalue weighted by molar-refractivity contribution is 0.340. The largest absolute Gasteiger partial charge is 0.494 e. The van der Waals surface area contributed by atoms with E-state index in [4.69, 9.17) is 9.72 Å². The van der Waals surface area contributed by atoms with Gasteiger partial charge in [0, 0.05) is 17.8 Å². The minimum absolute atomic E-state index is 0.433. The first-order valence-corrected chi connectivity index (χ1v) is 9.80. The van der Waals surface area contributed by atoms with Gasteiger partial charge in [0.1, 0.15) is 23.1 Å². The Hall–Kier alpha value is -2.94. The summed E-state index contributed by atoms with van der Waals surface area (Å²) < 4.78 is 7.45. The number of nitriles is 1. The summed E-state index contributed by atoms with van der Waals surface area (Å²) in [4.78, 5) is 4.78. The number of imidazole rings is 1. The standard InChI is InChI=1S/C21H25N5O/c1-2-27-18-11-9-15(10-12-18)19-21(24-17-7-5-3-4-6-8-17)26-20(25-19)16(13-22)14-23-26/h9-12,14,17,23-24H,2-8H2,1H3. The van der Waals surface area contributed by atoms with Gasteiger partial charge >= 0.3 is 0 Å². The maximum atomic E-state index is 9.39. The number of H-pyrrole nitrogens is 1. The van der Waals surface area contributed by atoms with Gasteiger partial charge in [-0.15, -0.1) is 0 Å². The third-order valence-electron chi connectivity index (χ3n) is 5.21. The topological polar surface area (TPSA) is 78.1 Å². The second-order valence-electron chi connectivity index (χ2n) is 7.06. The molecule has 0 radical (unpaired) electrons. The molecule has 6 heteroatoms. The van der Waals surface area contributed by atoms with Crippen molar-refractivity contribution in [3.05, 3.63) is 36.0 Å². The summed E-state index contributed by atoms with van der Waals surface area (Å²) in [6.45, 7) is 2.62. The SMILES string of the molecule is CCOc1ccc(-c2nc3c(C#N)c[nH]n3c2NC2CCCCCC2)cc1. The quantitative estimate of drug-likeness (QED) is 0.642. The maximum Gasteiger partial charge on any atom is 0.173 e. The first kappa shape index (κ1) is 17.5. The summed E-state index contributed by atoms with van der Waals surface area (Å²) in [5, 5.41) is 16.3. The number of aromatic amines is 1. The fraction of sp³-hybridized carbons (Fsp3) is 0.429. The molecule has 0 atom stereocenters. The number of hydrogen-bond acceptors (Lipinski definition) is 4. The minimum atomic E-state index is 0.433. The Morgan fingerprint density at radius 3 is 2.63 bits per heavy atom. The van der Waals surface area contributed by atoms with Crippen LogP contribution in [0.4, 0.5) is 5.82 Å². The van der Waals surface area contributed by atoms with Gasteiger partial charge in [0.2, 0.25) is 0 Å². The summed E-state index contributed by atoms with van der Waals surface area (Å²) in [5.41, 5.74) is 3.09. The number of aromatic nitrogens is 3. The van der Waals surface area contributed by atoms with Crippen molar-refractivity contribution >= 4 is 11.5 Å². The average Bonchev–Trinajstić information content (AvgIpc) is 3.13. The number of hydrogen-bond donors (Lipinski definition) is 2. The Bertz CT molecular complexity index is 940. The van der Waals surface area contributed by atoms with Crippen LogP contribution in [0.1, 0.15) is 51.0 Å². The fourth-order valence-electron chi connectivity index (χ4n) is 3.83. The highest BCUT2D eigenvalue weighted by Gasteiger charge is 2.21. The summed E-state index contributed by atoms with van der Waals surface area (Å²) >= 11 is 0. The van der Waals surface area contributed by atoms with E-state index in [0.29, 0.717) is 23.9 Å². The monoisotopic (exact) mass is 363 g/mol. The molecule has 27 heavy (non-hydrogen) atoms. The van der Waals surface area contributed by atoms with Crippen LogP contribution in [0.25, 0.3) is 16.9 Å². The van der Waals surface area contributed by atoms with Crippen LogP contribution in [0.15, 0.2) is 30.5 Å². The van der Waals surface area contributed by atoms with E-state index in [9.17, 15) is 5.26 Å². The van der Waals surface area contributed by atoms with Crippen molar-refractivity contribution in [2.75, 3.05) is 11.9 Å². The molecular formula is C21H25N5O. The van der Waals surface area contributed by atoms with Crippen LogP contribution in [0.3, 0.4) is 0 Å². The van der Waals surface area contributed by atoms with Crippen molar-refractivity contribution < 1.29 is 4.74 Å². The number of nitrogens with zero attached hydrogens (tertiary/aromatic N) is 3. The first-order valence-electron chi connectivity index (χ1n) is 9.80. The zero-order valence-corrected chi connectivity index (χ0v) is 15.7. The molecule has 140 valence electrons. The van der Waals surface area contributed by atoms with Gasteiger partial charge in [0.15, 0.2) is 11.5 Å². The Labute approximate surface area is 159 Å². The first-order chi connectivity index (χ1) is 13.3. The van der Waals surface area contributed by atoms with E-state index in [1.807, 2.05) is 35.7 Å². The van der Waals surface area contributed by atoms with Gasteiger partial charge in [-0.3, -0.25) is 5.10 Å².